The molecule has 1 aliphatic carbocycles. The maximum atomic E-state index is 13.0. The van der Waals surface area contributed by atoms with Crippen molar-refractivity contribution in [2.45, 2.75) is 44.6 Å². The summed E-state index contributed by atoms with van der Waals surface area (Å²) in [5, 5.41) is 10.4. The van der Waals surface area contributed by atoms with Crippen LogP contribution in [0.15, 0.2) is 12.3 Å². The Kier molecular flexibility index (Phi) is 2.74. The molecule has 3 heteroatoms. The number of pyridine rings is 1. The molecule has 2 nitrogen and oxygen atoms in total. The Morgan fingerprint density at radius 1 is 1.33 bits per heavy atom. The van der Waals surface area contributed by atoms with Crippen molar-refractivity contribution < 1.29 is 9.50 Å². The van der Waals surface area contributed by atoms with Crippen LogP contribution in [0.5, 0.6) is 0 Å². The molecule has 0 spiro atoms. The smallest absolute Gasteiger partial charge is 0.215 e. The lowest BCUT2D eigenvalue weighted by molar-refractivity contribution is -0.00108. The maximum absolute atomic E-state index is 13.0. The molecule has 0 saturated heterocycles. The average molecular weight is 209 g/mol. The second-order valence-corrected chi connectivity index (χ2v) is 4.42. The van der Waals surface area contributed by atoms with Crippen LogP contribution in [0, 0.1) is 12.9 Å². The summed E-state index contributed by atoms with van der Waals surface area (Å²) < 4.78 is 13.0. The molecule has 1 N–H and O–H groups in total. The van der Waals surface area contributed by atoms with Crippen LogP contribution < -0.4 is 0 Å². The first-order valence-electron chi connectivity index (χ1n) is 5.47. The maximum Gasteiger partial charge on any atom is 0.215 e. The van der Waals surface area contributed by atoms with Crippen molar-refractivity contribution in [1.29, 1.82) is 0 Å². The molecule has 0 atom stereocenters. The van der Waals surface area contributed by atoms with Crippen LogP contribution in [0.3, 0.4) is 0 Å². The fourth-order valence-electron chi connectivity index (χ4n) is 2.24. The fourth-order valence-corrected chi connectivity index (χ4v) is 2.24. The van der Waals surface area contributed by atoms with Gasteiger partial charge in [0.15, 0.2) is 0 Å². The van der Waals surface area contributed by atoms with Crippen LogP contribution in [-0.4, -0.2) is 10.1 Å². The van der Waals surface area contributed by atoms with Crippen molar-refractivity contribution in [2.24, 2.45) is 0 Å². The van der Waals surface area contributed by atoms with Gasteiger partial charge >= 0.3 is 0 Å². The van der Waals surface area contributed by atoms with Crippen LogP contribution in [-0.2, 0) is 5.60 Å². The molecular formula is C12H16FNO. The molecule has 0 aromatic carbocycles. The van der Waals surface area contributed by atoms with Gasteiger partial charge in [0, 0.05) is 17.3 Å². The number of aromatic nitrogens is 1. The van der Waals surface area contributed by atoms with Gasteiger partial charge in [0.1, 0.15) is 0 Å². The van der Waals surface area contributed by atoms with Gasteiger partial charge in [0.2, 0.25) is 5.95 Å². The van der Waals surface area contributed by atoms with Crippen molar-refractivity contribution >= 4 is 0 Å². The molecule has 1 fully saturated rings. The molecule has 15 heavy (non-hydrogen) atoms. The molecule has 1 aromatic rings. The lowest BCUT2D eigenvalue weighted by Gasteiger charge is -2.32. The van der Waals surface area contributed by atoms with Crippen molar-refractivity contribution in [3.63, 3.8) is 0 Å². The summed E-state index contributed by atoms with van der Waals surface area (Å²) in [6.45, 7) is 1.68. The van der Waals surface area contributed by atoms with E-state index in [1.54, 1.807) is 13.0 Å². The minimum absolute atomic E-state index is 0.446. The molecule has 0 aliphatic heterocycles. The Labute approximate surface area is 89.2 Å². The second kappa shape index (κ2) is 3.89. The summed E-state index contributed by atoms with van der Waals surface area (Å²) in [5.41, 5.74) is 0.497. The number of rotatable bonds is 1. The predicted molar refractivity (Wildman–Crippen MR) is 55.9 cm³/mol. The van der Waals surface area contributed by atoms with E-state index in [2.05, 4.69) is 4.98 Å². The fraction of sp³-hybridized carbons (Fsp3) is 0.583. The number of hydrogen-bond donors (Lipinski definition) is 1. The third-order valence-electron chi connectivity index (χ3n) is 3.23. The summed E-state index contributed by atoms with van der Waals surface area (Å²) in [6, 6.07) is 1.72. The lowest BCUT2D eigenvalue weighted by atomic mass is 9.80. The third-order valence-corrected chi connectivity index (χ3v) is 3.23. The van der Waals surface area contributed by atoms with Crippen LogP contribution in [0.25, 0.3) is 0 Å². The second-order valence-electron chi connectivity index (χ2n) is 4.42. The summed E-state index contributed by atoms with van der Waals surface area (Å²) in [5.74, 6) is -0.446. The lowest BCUT2D eigenvalue weighted by Crippen LogP contribution is -2.28. The van der Waals surface area contributed by atoms with E-state index in [4.69, 9.17) is 0 Å². The van der Waals surface area contributed by atoms with Crippen molar-refractivity contribution in [3.05, 3.63) is 29.3 Å². The normalized spacial score (nSPS) is 20.2. The van der Waals surface area contributed by atoms with Gasteiger partial charge in [-0.2, -0.15) is 4.39 Å². The highest BCUT2D eigenvalue weighted by atomic mass is 19.1. The Morgan fingerprint density at radius 3 is 2.60 bits per heavy atom. The molecule has 82 valence electrons. The Hall–Kier alpha value is -0.960. The van der Waals surface area contributed by atoms with E-state index < -0.39 is 11.5 Å². The van der Waals surface area contributed by atoms with Crippen LogP contribution in [0.2, 0.25) is 0 Å². The first-order chi connectivity index (χ1) is 7.12. The highest BCUT2D eigenvalue weighted by Gasteiger charge is 2.31. The molecule has 0 radical (unpaired) electrons. The van der Waals surface area contributed by atoms with Crippen molar-refractivity contribution in [2.75, 3.05) is 0 Å². The molecule has 0 unspecified atom stereocenters. The van der Waals surface area contributed by atoms with E-state index >= 15 is 0 Å². The van der Waals surface area contributed by atoms with Crippen molar-refractivity contribution in [1.82, 2.24) is 4.98 Å². The zero-order chi connectivity index (χ0) is 10.9. The van der Waals surface area contributed by atoms with E-state index in [0.29, 0.717) is 5.56 Å². The molecule has 1 saturated carbocycles. The standard InChI is InChI=1S/C12H16FNO/c1-9-7-10(8-14-11(9)13)12(15)5-3-2-4-6-12/h7-8,15H,2-6H2,1H3. The van der Waals surface area contributed by atoms with Gasteiger partial charge in [-0.15, -0.1) is 0 Å². The summed E-state index contributed by atoms with van der Waals surface area (Å²) in [6.07, 6.45) is 6.24. The van der Waals surface area contributed by atoms with Crippen LogP contribution in [0.1, 0.15) is 43.2 Å². The molecular weight excluding hydrogens is 193 g/mol. The molecule has 1 aromatic heterocycles. The van der Waals surface area contributed by atoms with Crippen LogP contribution >= 0.6 is 0 Å². The first-order valence-corrected chi connectivity index (χ1v) is 5.47. The quantitative estimate of drug-likeness (QED) is 0.721. The number of hydrogen-bond acceptors (Lipinski definition) is 2. The first kappa shape index (κ1) is 10.6. The number of aryl methyl sites for hydroxylation is 1. The van der Waals surface area contributed by atoms with Gasteiger partial charge in [0.25, 0.3) is 0 Å². The zero-order valence-corrected chi connectivity index (χ0v) is 8.96. The average Bonchev–Trinajstić information content (AvgIpc) is 2.23. The summed E-state index contributed by atoms with van der Waals surface area (Å²) in [4.78, 5) is 3.67. The van der Waals surface area contributed by atoms with E-state index in [0.717, 1.165) is 31.2 Å². The summed E-state index contributed by atoms with van der Waals surface area (Å²) >= 11 is 0. The molecule has 2 rings (SSSR count). The predicted octanol–water partition coefficient (Wildman–Crippen LogP) is 2.68. The third kappa shape index (κ3) is 2.02. The number of aliphatic hydroxyl groups is 1. The topological polar surface area (TPSA) is 33.1 Å². The SMILES string of the molecule is Cc1cc(C2(O)CCCCC2)cnc1F. The summed E-state index contributed by atoms with van der Waals surface area (Å²) in [7, 11) is 0. The van der Waals surface area contributed by atoms with Crippen molar-refractivity contribution in [3.8, 4) is 0 Å². The van der Waals surface area contributed by atoms with Gasteiger partial charge in [-0.1, -0.05) is 19.3 Å². The van der Waals surface area contributed by atoms with Gasteiger partial charge in [0.05, 0.1) is 5.60 Å². The van der Waals surface area contributed by atoms with E-state index in [-0.39, 0.29) is 0 Å². The molecule has 1 heterocycles. The Morgan fingerprint density at radius 2 is 2.00 bits per heavy atom. The monoisotopic (exact) mass is 209 g/mol. The van der Waals surface area contributed by atoms with Gasteiger partial charge in [-0.3, -0.25) is 0 Å². The van der Waals surface area contributed by atoms with Gasteiger partial charge in [-0.25, -0.2) is 4.98 Å². The van der Waals surface area contributed by atoms with Crippen LogP contribution in [0.4, 0.5) is 4.39 Å². The highest BCUT2D eigenvalue weighted by molar-refractivity contribution is 5.24. The Bertz CT molecular complexity index is 359. The minimum Gasteiger partial charge on any atom is -0.385 e. The van der Waals surface area contributed by atoms with E-state index in [9.17, 15) is 9.50 Å². The largest absolute Gasteiger partial charge is 0.385 e. The number of halogens is 1. The zero-order valence-electron chi connectivity index (χ0n) is 8.96. The number of nitrogens with zero attached hydrogens (tertiary/aromatic N) is 1. The molecule has 0 bridgehead atoms. The molecule has 0 amide bonds. The van der Waals surface area contributed by atoms with Gasteiger partial charge in [-0.05, 0) is 25.8 Å². The van der Waals surface area contributed by atoms with Gasteiger partial charge < -0.3 is 5.11 Å². The van der Waals surface area contributed by atoms with E-state index in [1.807, 2.05) is 0 Å². The minimum atomic E-state index is -0.774. The Balaban J connectivity index is 2.31. The highest BCUT2D eigenvalue weighted by Crippen LogP contribution is 2.36. The van der Waals surface area contributed by atoms with E-state index in [1.165, 1.54) is 12.6 Å². The molecule has 1 aliphatic rings.